The van der Waals surface area contributed by atoms with Crippen LogP contribution in [0.1, 0.15) is 16.7 Å². The Kier molecular flexibility index (Phi) is 7.32. The standard InChI is InChI=1S/C24H16Br2INO4/c1-30-21-12-15(10-19(26)22(21)31-13-14-2-6-17(25)7-3-14)11-20-24(29)32-23(28-20)16-4-8-18(27)9-5-16/h2-12H,13H2,1H3/b20-11-. The number of nitrogens with zero attached hydrogens (tertiary/aromatic N) is 1. The van der Waals surface area contributed by atoms with Gasteiger partial charge in [0.1, 0.15) is 6.61 Å². The number of esters is 1. The molecule has 0 amide bonds. The van der Waals surface area contributed by atoms with Crippen molar-refractivity contribution in [2.45, 2.75) is 6.61 Å². The zero-order chi connectivity index (χ0) is 22.7. The van der Waals surface area contributed by atoms with E-state index in [1.54, 1.807) is 19.3 Å². The molecule has 0 unspecified atom stereocenters. The Labute approximate surface area is 215 Å². The van der Waals surface area contributed by atoms with Crippen LogP contribution in [0.4, 0.5) is 0 Å². The van der Waals surface area contributed by atoms with Gasteiger partial charge in [-0.1, -0.05) is 28.1 Å². The lowest BCUT2D eigenvalue weighted by Crippen LogP contribution is -2.05. The van der Waals surface area contributed by atoms with E-state index in [9.17, 15) is 4.79 Å². The lowest BCUT2D eigenvalue weighted by Gasteiger charge is -2.14. The first-order chi connectivity index (χ1) is 15.4. The van der Waals surface area contributed by atoms with Gasteiger partial charge in [-0.2, -0.15) is 0 Å². The van der Waals surface area contributed by atoms with E-state index in [0.29, 0.717) is 22.6 Å². The number of rotatable bonds is 6. The summed E-state index contributed by atoms with van der Waals surface area (Å²) in [6.45, 7) is 0.388. The first-order valence-electron chi connectivity index (χ1n) is 9.46. The highest BCUT2D eigenvalue weighted by Gasteiger charge is 2.24. The van der Waals surface area contributed by atoms with Crippen molar-refractivity contribution >= 4 is 72.4 Å². The van der Waals surface area contributed by atoms with Crippen LogP contribution in [-0.2, 0) is 16.1 Å². The highest BCUT2D eigenvalue weighted by molar-refractivity contribution is 14.1. The van der Waals surface area contributed by atoms with Crippen LogP contribution in [-0.4, -0.2) is 19.0 Å². The number of carbonyl (C=O) groups is 1. The number of carbonyl (C=O) groups excluding carboxylic acids is 1. The minimum Gasteiger partial charge on any atom is -0.493 e. The molecule has 0 spiro atoms. The number of ether oxygens (including phenoxy) is 3. The Morgan fingerprint density at radius 1 is 1.06 bits per heavy atom. The molecular formula is C24H16Br2INO4. The molecule has 0 saturated heterocycles. The quantitative estimate of drug-likeness (QED) is 0.166. The maximum atomic E-state index is 12.3. The predicted octanol–water partition coefficient (Wildman–Crippen LogP) is 6.75. The molecule has 0 radical (unpaired) electrons. The van der Waals surface area contributed by atoms with E-state index in [0.717, 1.165) is 24.7 Å². The molecular weight excluding hydrogens is 653 g/mol. The molecule has 32 heavy (non-hydrogen) atoms. The SMILES string of the molecule is COc1cc(/C=C2\N=C(c3ccc(I)cc3)OC2=O)cc(Br)c1OCc1ccc(Br)cc1. The van der Waals surface area contributed by atoms with E-state index in [-0.39, 0.29) is 11.6 Å². The van der Waals surface area contributed by atoms with Gasteiger partial charge in [0.25, 0.3) is 0 Å². The van der Waals surface area contributed by atoms with Gasteiger partial charge in [0.15, 0.2) is 17.2 Å². The molecule has 0 bridgehead atoms. The number of halogens is 3. The topological polar surface area (TPSA) is 57.1 Å². The van der Waals surface area contributed by atoms with Gasteiger partial charge in [-0.05, 0) is 104 Å². The largest absolute Gasteiger partial charge is 0.493 e. The van der Waals surface area contributed by atoms with Gasteiger partial charge in [-0.3, -0.25) is 0 Å². The number of aliphatic imine (C=N–C) groups is 1. The minimum absolute atomic E-state index is 0.219. The molecule has 3 aromatic rings. The zero-order valence-corrected chi connectivity index (χ0v) is 22.1. The first-order valence-corrected chi connectivity index (χ1v) is 12.1. The Morgan fingerprint density at radius 2 is 1.78 bits per heavy atom. The summed E-state index contributed by atoms with van der Waals surface area (Å²) in [6.07, 6.45) is 1.66. The van der Waals surface area contributed by atoms with Crippen molar-refractivity contribution in [2.75, 3.05) is 7.11 Å². The molecule has 4 rings (SSSR count). The van der Waals surface area contributed by atoms with Crippen LogP contribution in [0.25, 0.3) is 6.08 Å². The molecule has 5 nitrogen and oxygen atoms in total. The fourth-order valence-electron chi connectivity index (χ4n) is 2.98. The molecule has 1 aliphatic rings. The van der Waals surface area contributed by atoms with Gasteiger partial charge in [-0.25, -0.2) is 9.79 Å². The molecule has 8 heteroatoms. The molecule has 0 aromatic heterocycles. The maximum absolute atomic E-state index is 12.3. The summed E-state index contributed by atoms with van der Waals surface area (Å²) < 4.78 is 19.7. The monoisotopic (exact) mass is 667 g/mol. The average Bonchev–Trinajstić information content (AvgIpc) is 3.14. The normalized spacial score (nSPS) is 14.3. The molecule has 0 fully saturated rings. The molecule has 1 heterocycles. The van der Waals surface area contributed by atoms with Crippen molar-refractivity contribution in [1.29, 1.82) is 0 Å². The summed E-state index contributed by atoms with van der Waals surface area (Å²) in [5.41, 5.74) is 2.72. The smallest absolute Gasteiger partial charge is 0.363 e. The average molecular weight is 669 g/mol. The number of cyclic esters (lactones) is 1. The van der Waals surface area contributed by atoms with E-state index in [4.69, 9.17) is 14.2 Å². The van der Waals surface area contributed by atoms with Crippen LogP contribution in [0, 0.1) is 3.57 Å². The highest BCUT2D eigenvalue weighted by Crippen LogP contribution is 2.38. The summed E-state index contributed by atoms with van der Waals surface area (Å²) in [6, 6.07) is 19.1. The Bertz CT molecular complexity index is 1220. The van der Waals surface area contributed by atoms with E-state index < -0.39 is 5.97 Å². The maximum Gasteiger partial charge on any atom is 0.363 e. The molecule has 0 saturated carbocycles. The first kappa shape index (κ1) is 23.0. The van der Waals surface area contributed by atoms with E-state index in [1.165, 1.54) is 0 Å². The molecule has 0 aliphatic carbocycles. The van der Waals surface area contributed by atoms with E-state index in [2.05, 4.69) is 59.4 Å². The predicted molar refractivity (Wildman–Crippen MR) is 139 cm³/mol. The van der Waals surface area contributed by atoms with Gasteiger partial charge in [0, 0.05) is 13.6 Å². The third-order valence-electron chi connectivity index (χ3n) is 4.56. The van der Waals surface area contributed by atoms with Crippen LogP contribution in [0.2, 0.25) is 0 Å². The fraction of sp³-hybridized carbons (Fsp3) is 0.0833. The summed E-state index contributed by atoms with van der Waals surface area (Å²) in [5, 5.41) is 0. The Hall–Kier alpha value is -2.17. The zero-order valence-electron chi connectivity index (χ0n) is 16.8. The van der Waals surface area contributed by atoms with Crippen LogP contribution < -0.4 is 9.47 Å². The van der Waals surface area contributed by atoms with Gasteiger partial charge in [-0.15, -0.1) is 0 Å². The highest BCUT2D eigenvalue weighted by atomic mass is 127. The van der Waals surface area contributed by atoms with Crippen LogP contribution >= 0.6 is 54.5 Å². The van der Waals surface area contributed by atoms with Gasteiger partial charge >= 0.3 is 5.97 Å². The Balaban J connectivity index is 1.58. The number of benzene rings is 3. The molecule has 0 atom stereocenters. The summed E-state index contributed by atoms with van der Waals surface area (Å²) in [7, 11) is 1.57. The van der Waals surface area contributed by atoms with Crippen molar-refractivity contribution in [3.05, 3.63) is 95.6 Å². The molecule has 3 aromatic carbocycles. The van der Waals surface area contributed by atoms with E-state index >= 15 is 0 Å². The second-order valence-corrected chi connectivity index (χ2v) is 9.81. The van der Waals surface area contributed by atoms with Crippen LogP contribution in [0.3, 0.4) is 0 Å². The summed E-state index contributed by atoms with van der Waals surface area (Å²) in [4.78, 5) is 16.7. The summed E-state index contributed by atoms with van der Waals surface area (Å²) in [5.74, 6) is 0.911. The molecule has 1 aliphatic heterocycles. The molecule has 0 N–H and O–H groups in total. The van der Waals surface area contributed by atoms with Crippen molar-refractivity contribution in [1.82, 2.24) is 0 Å². The summed E-state index contributed by atoms with van der Waals surface area (Å²) >= 11 is 9.19. The fourth-order valence-corrected chi connectivity index (χ4v) is 4.18. The number of methoxy groups -OCH3 is 1. The van der Waals surface area contributed by atoms with Crippen molar-refractivity contribution < 1.29 is 19.0 Å². The second kappa shape index (κ2) is 10.2. The number of hydrogen-bond donors (Lipinski definition) is 0. The van der Waals surface area contributed by atoms with Crippen molar-refractivity contribution in [3.63, 3.8) is 0 Å². The molecule has 162 valence electrons. The van der Waals surface area contributed by atoms with Crippen LogP contribution in [0.15, 0.2) is 80.3 Å². The lowest BCUT2D eigenvalue weighted by atomic mass is 10.1. The minimum atomic E-state index is -0.496. The number of hydrogen-bond acceptors (Lipinski definition) is 5. The van der Waals surface area contributed by atoms with Crippen LogP contribution in [0.5, 0.6) is 11.5 Å². The van der Waals surface area contributed by atoms with Crippen molar-refractivity contribution in [3.8, 4) is 11.5 Å². The second-order valence-electron chi connectivity index (χ2n) is 6.79. The van der Waals surface area contributed by atoms with Crippen molar-refractivity contribution in [2.24, 2.45) is 4.99 Å². The Morgan fingerprint density at radius 3 is 2.47 bits per heavy atom. The van der Waals surface area contributed by atoms with Gasteiger partial charge in [0.2, 0.25) is 5.90 Å². The third-order valence-corrected chi connectivity index (χ3v) is 6.40. The lowest BCUT2D eigenvalue weighted by molar-refractivity contribution is -0.129. The van der Waals surface area contributed by atoms with Gasteiger partial charge in [0.05, 0.1) is 11.6 Å². The van der Waals surface area contributed by atoms with Gasteiger partial charge < -0.3 is 14.2 Å². The third kappa shape index (κ3) is 5.41. The van der Waals surface area contributed by atoms with E-state index in [1.807, 2.05) is 54.6 Å².